The van der Waals surface area contributed by atoms with Gasteiger partial charge in [0.15, 0.2) is 0 Å². The molecule has 3 nitrogen and oxygen atoms in total. The van der Waals surface area contributed by atoms with Crippen LogP contribution in [-0.2, 0) is 0 Å². The second-order valence-electron chi connectivity index (χ2n) is 4.93. The van der Waals surface area contributed by atoms with Crippen molar-refractivity contribution in [3.8, 4) is 22.3 Å². The molecule has 0 aliphatic carbocycles. The molecule has 3 aromatic rings. The fourth-order valence-electron chi connectivity index (χ4n) is 2.13. The summed E-state index contributed by atoms with van der Waals surface area (Å²) in [5.41, 5.74) is 3.20. The van der Waals surface area contributed by atoms with Crippen LogP contribution in [-0.4, -0.2) is 10.2 Å². The number of hydrogen-bond acceptors (Lipinski definition) is 2. The van der Waals surface area contributed by atoms with E-state index in [-0.39, 0.29) is 5.56 Å². The van der Waals surface area contributed by atoms with E-state index in [1.54, 1.807) is 6.20 Å². The first-order valence-corrected chi connectivity index (χ1v) is 7.46. The van der Waals surface area contributed by atoms with E-state index < -0.39 is 0 Å². The fourth-order valence-corrected chi connectivity index (χ4v) is 2.13. The molecule has 3 rings (SSSR count). The summed E-state index contributed by atoms with van der Waals surface area (Å²) < 4.78 is 0. The number of benzene rings is 2. The molecule has 0 unspecified atom stereocenters. The van der Waals surface area contributed by atoms with Gasteiger partial charge >= 0.3 is 0 Å². The molecule has 0 aliphatic heterocycles. The Labute approximate surface area is 130 Å². The number of rotatable bonds is 2. The molecule has 1 heterocycles. The lowest BCUT2D eigenvalue weighted by Crippen LogP contribution is -2.11. The van der Waals surface area contributed by atoms with Crippen molar-refractivity contribution in [1.29, 1.82) is 0 Å². The van der Waals surface area contributed by atoms with Gasteiger partial charge in [0.1, 0.15) is 0 Å². The van der Waals surface area contributed by atoms with Crippen LogP contribution in [0.1, 0.15) is 20.3 Å². The van der Waals surface area contributed by atoms with Crippen molar-refractivity contribution in [2.24, 2.45) is 0 Å². The van der Waals surface area contributed by atoms with Crippen LogP contribution in [0.4, 0.5) is 0 Å². The SMILES string of the molecule is CCC.O=c1[nH]ncc(-c2ccccc2)c1-c1ccccc1. The molecule has 0 saturated carbocycles. The summed E-state index contributed by atoms with van der Waals surface area (Å²) in [5, 5.41) is 6.41. The van der Waals surface area contributed by atoms with Gasteiger partial charge in [-0.25, -0.2) is 5.10 Å². The third-order valence-corrected chi connectivity index (χ3v) is 3.00. The van der Waals surface area contributed by atoms with Crippen LogP contribution in [0.25, 0.3) is 22.3 Å². The zero-order chi connectivity index (χ0) is 15.8. The van der Waals surface area contributed by atoms with Gasteiger partial charge in [-0.3, -0.25) is 4.79 Å². The lowest BCUT2D eigenvalue weighted by atomic mass is 9.98. The van der Waals surface area contributed by atoms with Crippen molar-refractivity contribution in [2.75, 3.05) is 0 Å². The molecule has 0 fully saturated rings. The second kappa shape index (κ2) is 7.93. The van der Waals surface area contributed by atoms with Crippen molar-refractivity contribution in [3.05, 3.63) is 77.2 Å². The van der Waals surface area contributed by atoms with Gasteiger partial charge < -0.3 is 0 Å². The summed E-state index contributed by atoms with van der Waals surface area (Å²) >= 11 is 0. The Morgan fingerprint density at radius 1 is 0.864 bits per heavy atom. The van der Waals surface area contributed by atoms with Gasteiger partial charge in [0.2, 0.25) is 0 Å². The van der Waals surface area contributed by atoms with Gasteiger partial charge in [0.25, 0.3) is 5.56 Å². The highest BCUT2D eigenvalue weighted by Gasteiger charge is 2.11. The van der Waals surface area contributed by atoms with Crippen LogP contribution >= 0.6 is 0 Å². The number of aromatic nitrogens is 2. The van der Waals surface area contributed by atoms with Crippen molar-refractivity contribution in [2.45, 2.75) is 20.3 Å². The fraction of sp³-hybridized carbons (Fsp3) is 0.158. The summed E-state index contributed by atoms with van der Waals surface area (Å²) in [6, 6.07) is 19.4. The molecule has 0 radical (unpaired) electrons. The zero-order valence-electron chi connectivity index (χ0n) is 12.9. The van der Waals surface area contributed by atoms with E-state index in [4.69, 9.17) is 0 Å². The predicted molar refractivity (Wildman–Crippen MR) is 91.7 cm³/mol. The Morgan fingerprint density at radius 2 is 1.36 bits per heavy atom. The van der Waals surface area contributed by atoms with Crippen LogP contribution in [0, 0.1) is 0 Å². The van der Waals surface area contributed by atoms with Gasteiger partial charge in [0, 0.05) is 5.56 Å². The largest absolute Gasteiger partial charge is 0.272 e. The average Bonchev–Trinajstić information content (AvgIpc) is 2.57. The second-order valence-corrected chi connectivity index (χ2v) is 4.93. The standard InChI is InChI=1S/C16H12N2O.C3H8/c19-16-15(13-9-5-2-6-10-13)14(11-17-18-16)12-7-3-1-4-8-12;1-3-2/h1-11H,(H,18,19);3H2,1-2H3. The molecule has 3 heteroatoms. The molecule has 1 aromatic heterocycles. The number of aromatic amines is 1. The summed E-state index contributed by atoms with van der Waals surface area (Å²) in [5.74, 6) is 0. The lowest BCUT2D eigenvalue weighted by Gasteiger charge is -2.07. The number of nitrogens with one attached hydrogen (secondary N) is 1. The Balaban J connectivity index is 0.000000545. The molecule has 2 aromatic carbocycles. The number of nitrogens with zero attached hydrogens (tertiary/aromatic N) is 1. The maximum absolute atomic E-state index is 12.1. The topological polar surface area (TPSA) is 45.8 Å². The van der Waals surface area contributed by atoms with E-state index in [1.165, 1.54) is 6.42 Å². The summed E-state index contributed by atoms with van der Waals surface area (Å²) in [6.07, 6.45) is 2.94. The normalized spacial score (nSPS) is 9.73. The minimum Gasteiger partial charge on any atom is -0.267 e. The van der Waals surface area contributed by atoms with Crippen LogP contribution < -0.4 is 5.56 Å². The van der Waals surface area contributed by atoms with E-state index in [9.17, 15) is 4.79 Å². The highest BCUT2D eigenvalue weighted by atomic mass is 16.1. The lowest BCUT2D eigenvalue weighted by molar-refractivity contribution is 0.994. The highest BCUT2D eigenvalue weighted by molar-refractivity contribution is 5.81. The molecule has 112 valence electrons. The van der Waals surface area contributed by atoms with Crippen LogP contribution in [0.15, 0.2) is 71.7 Å². The maximum Gasteiger partial charge on any atom is 0.272 e. The molecule has 0 saturated heterocycles. The van der Waals surface area contributed by atoms with Gasteiger partial charge in [-0.15, -0.1) is 0 Å². The first-order valence-electron chi connectivity index (χ1n) is 7.46. The van der Waals surface area contributed by atoms with Crippen LogP contribution in [0.2, 0.25) is 0 Å². The van der Waals surface area contributed by atoms with E-state index in [1.807, 2.05) is 60.7 Å². The molecule has 0 amide bonds. The third-order valence-electron chi connectivity index (χ3n) is 3.00. The van der Waals surface area contributed by atoms with Gasteiger partial charge in [-0.2, -0.15) is 5.10 Å². The smallest absolute Gasteiger partial charge is 0.267 e. The van der Waals surface area contributed by atoms with E-state index in [0.717, 1.165) is 16.7 Å². The quantitative estimate of drug-likeness (QED) is 0.754. The molecule has 1 N–H and O–H groups in total. The summed E-state index contributed by atoms with van der Waals surface area (Å²) in [6.45, 7) is 4.25. The van der Waals surface area contributed by atoms with E-state index >= 15 is 0 Å². The Hall–Kier alpha value is -2.68. The molecule has 0 aliphatic rings. The van der Waals surface area contributed by atoms with Crippen molar-refractivity contribution < 1.29 is 0 Å². The minimum absolute atomic E-state index is 0.174. The van der Waals surface area contributed by atoms with Crippen LogP contribution in [0.5, 0.6) is 0 Å². The molecule has 0 bridgehead atoms. The maximum atomic E-state index is 12.1. The number of hydrogen-bond donors (Lipinski definition) is 1. The Kier molecular flexibility index (Phi) is 5.66. The number of H-pyrrole nitrogens is 1. The van der Waals surface area contributed by atoms with Crippen molar-refractivity contribution in [1.82, 2.24) is 10.2 Å². The molecular weight excluding hydrogens is 272 g/mol. The minimum atomic E-state index is -0.174. The molecule has 22 heavy (non-hydrogen) atoms. The Bertz CT molecular complexity index is 749. The van der Waals surface area contributed by atoms with Gasteiger partial charge in [0.05, 0.1) is 11.8 Å². The molecular formula is C19H20N2O. The van der Waals surface area contributed by atoms with Crippen molar-refractivity contribution in [3.63, 3.8) is 0 Å². The van der Waals surface area contributed by atoms with Gasteiger partial charge in [-0.05, 0) is 11.1 Å². The van der Waals surface area contributed by atoms with E-state index in [0.29, 0.717) is 5.56 Å². The Morgan fingerprint density at radius 3 is 1.91 bits per heavy atom. The molecule has 0 atom stereocenters. The first-order chi connectivity index (χ1) is 10.8. The first kappa shape index (κ1) is 15.7. The average molecular weight is 292 g/mol. The van der Waals surface area contributed by atoms with Crippen molar-refractivity contribution >= 4 is 0 Å². The van der Waals surface area contributed by atoms with Gasteiger partial charge in [-0.1, -0.05) is 80.9 Å². The third kappa shape index (κ3) is 3.70. The van der Waals surface area contributed by atoms with E-state index in [2.05, 4.69) is 24.0 Å². The monoisotopic (exact) mass is 292 g/mol. The summed E-state index contributed by atoms with van der Waals surface area (Å²) in [7, 11) is 0. The van der Waals surface area contributed by atoms with Crippen LogP contribution in [0.3, 0.4) is 0 Å². The highest BCUT2D eigenvalue weighted by Crippen LogP contribution is 2.27. The molecule has 0 spiro atoms. The zero-order valence-corrected chi connectivity index (χ0v) is 12.9. The predicted octanol–water partition coefficient (Wildman–Crippen LogP) is 4.52. The summed E-state index contributed by atoms with van der Waals surface area (Å²) in [4.78, 5) is 12.1.